The molecular weight excluding hydrogens is 248 g/mol. The third kappa shape index (κ3) is 3.20. The van der Waals surface area contributed by atoms with Crippen molar-refractivity contribution in [2.75, 3.05) is 10.5 Å². The van der Waals surface area contributed by atoms with Gasteiger partial charge in [0.05, 0.1) is 11.3 Å². The molecule has 96 valence electrons. The van der Waals surface area contributed by atoms with E-state index < -0.39 is 10.0 Å². The molecule has 0 fully saturated rings. The van der Waals surface area contributed by atoms with Crippen molar-refractivity contribution >= 4 is 26.6 Å². The van der Waals surface area contributed by atoms with E-state index in [1.807, 2.05) is 25.1 Å². The fourth-order valence-electron chi connectivity index (χ4n) is 1.70. The maximum atomic E-state index is 11.8. The molecule has 4 nitrogen and oxygen atoms in total. The van der Waals surface area contributed by atoms with Crippen molar-refractivity contribution < 1.29 is 8.42 Å². The molecule has 0 unspecified atom stereocenters. The van der Waals surface area contributed by atoms with Gasteiger partial charge in [-0.1, -0.05) is 19.4 Å². The number of rotatable bonds is 5. The van der Waals surface area contributed by atoms with Gasteiger partial charge in [-0.15, -0.1) is 0 Å². The minimum absolute atomic E-state index is 0.161. The van der Waals surface area contributed by atoms with Crippen molar-refractivity contribution in [2.24, 2.45) is 0 Å². The number of nitrogens with one attached hydrogen (secondary N) is 1. The summed E-state index contributed by atoms with van der Waals surface area (Å²) in [7, 11) is -3.24. The predicted octanol–water partition coefficient (Wildman–Crippen LogP) is 2.78. The summed E-state index contributed by atoms with van der Waals surface area (Å²) in [6, 6.07) is 9.08. The Morgan fingerprint density at radius 2 is 2.11 bits per heavy atom. The van der Waals surface area contributed by atoms with Crippen LogP contribution >= 0.6 is 0 Å². The van der Waals surface area contributed by atoms with Gasteiger partial charge in [-0.2, -0.15) is 0 Å². The molecule has 1 aromatic carbocycles. The molecule has 1 aromatic heterocycles. The van der Waals surface area contributed by atoms with Crippen molar-refractivity contribution in [1.82, 2.24) is 4.98 Å². The molecule has 0 amide bonds. The first-order valence-electron chi connectivity index (χ1n) is 5.96. The Balaban J connectivity index is 2.22. The highest BCUT2D eigenvalue weighted by Crippen LogP contribution is 2.18. The van der Waals surface area contributed by atoms with Gasteiger partial charge < -0.3 is 0 Å². The van der Waals surface area contributed by atoms with Crippen LogP contribution in [-0.2, 0) is 10.0 Å². The first-order chi connectivity index (χ1) is 8.61. The summed E-state index contributed by atoms with van der Waals surface area (Å²) in [5, 5.41) is 0.924. The molecule has 1 N–H and O–H groups in total. The van der Waals surface area contributed by atoms with E-state index in [9.17, 15) is 8.42 Å². The van der Waals surface area contributed by atoms with Crippen molar-refractivity contribution in [3.05, 3.63) is 36.5 Å². The summed E-state index contributed by atoms with van der Waals surface area (Å²) in [6.07, 6.45) is 3.25. The minimum Gasteiger partial charge on any atom is -0.284 e. The van der Waals surface area contributed by atoms with Crippen molar-refractivity contribution in [3.8, 4) is 0 Å². The van der Waals surface area contributed by atoms with Crippen molar-refractivity contribution in [3.63, 3.8) is 0 Å². The number of benzene rings is 1. The van der Waals surface area contributed by atoms with Crippen LogP contribution in [0, 0.1) is 0 Å². The second-order valence-corrected chi connectivity index (χ2v) is 6.03. The quantitative estimate of drug-likeness (QED) is 0.903. The van der Waals surface area contributed by atoms with E-state index >= 15 is 0 Å². The minimum atomic E-state index is -3.24. The lowest BCUT2D eigenvalue weighted by Gasteiger charge is -2.08. The van der Waals surface area contributed by atoms with Gasteiger partial charge >= 0.3 is 0 Å². The van der Waals surface area contributed by atoms with Crippen LogP contribution in [0.5, 0.6) is 0 Å². The number of hydrogen-bond donors (Lipinski definition) is 1. The number of anilines is 1. The molecule has 2 rings (SSSR count). The van der Waals surface area contributed by atoms with Gasteiger partial charge in [0, 0.05) is 17.3 Å². The molecule has 1 heterocycles. The van der Waals surface area contributed by atoms with Crippen LogP contribution in [0.2, 0.25) is 0 Å². The SMILES string of the molecule is CCCCS(=O)(=O)Nc1ccc2ncccc2c1. The van der Waals surface area contributed by atoms with Crippen LogP contribution in [-0.4, -0.2) is 19.2 Å². The molecule has 0 aliphatic heterocycles. The molecule has 0 aliphatic carbocycles. The third-order valence-corrected chi connectivity index (χ3v) is 4.02. The van der Waals surface area contributed by atoms with Gasteiger partial charge in [0.1, 0.15) is 0 Å². The predicted molar refractivity (Wildman–Crippen MR) is 74.1 cm³/mol. The van der Waals surface area contributed by atoms with Crippen molar-refractivity contribution in [1.29, 1.82) is 0 Å². The monoisotopic (exact) mass is 264 g/mol. The number of unbranched alkanes of at least 4 members (excludes halogenated alkanes) is 1. The molecule has 0 radical (unpaired) electrons. The Bertz CT molecular complexity index is 638. The molecule has 0 bridgehead atoms. The molecule has 2 aromatic rings. The summed E-state index contributed by atoms with van der Waals surface area (Å²) < 4.78 is 26.1. The van der Waals surface area contributed by atoms with E-state index in [1.54, 1.807) is 18.3 Å². The standard InChI is InChI=1S/C13H16N2O2S/c1-2-3-9-18(16,17)15-12-6-7-13-11(10-12)5-4-8-14-13/h4-8,10,15H,2-3,9H2,1H3. The summed E-state index contributed by atoms with van der Waals surface area (Å²) in [5.41, 5.74) is 1.45. The second-order valence-electron chi connectivity index (χ2n) is 4.19. The lowest BCUT2D eigenvalue weighted by molar-refractivity contribution is 0.598. The first-order valence-corrected chi connectivity index (χ1v) is 7.61. The zero-order valence-electron chi connectivity index (χ0n) is 10.3. The Kier molecular flexibility index (Phi) is 3.81. The maximum absolute atomic E-state index is 11.8. The number of hydrogen-bond acceptors (Lipinski definition) is 3. The largest absolute Gasteiger partial charge is 0.284 e. The molecule has 0 saturated heterocycles. The Labute approximate surface area is 107 Å². The topological polar surface area (TPSA) is 59.1 Å². The number of nitrogens with zero attached hydrogens (tertiary/aromatic N) is 1. The van der Waals surface area contributed by atoms with E-state index in [2.05, 4.69) is 9.71 Å². The highest BCUT2D eigenvalue weighted by molar-refractivity contribution is 7.92. The van der Waals surface area contributed by atoms with Crippen LogP contribution in [0.15, 0.2) is 36.5 Å². The number of aromatic nitrogens is 1. The first kappa shape index (κ1) is 12.8. The summed E-state index contributed by atoms with van der Waals surface area (Å²) >= 11 is 0. The smallest absolute Gasteiger partial charge is 0.232 e. The van der Waals surface area contributed by atoms with Crippen LogP contribution < -0.4 is 4.72 Å². The van der Waals surface area contributed by atoms with E-state index in [4.69, 9.17) is 0 Å². The second kappa shape index (κ2) is 5.35. The highest BCUT2D eigenvalue weighted by atomic mass is 32.2. The Hall–Kier alpha value is -1.62. The highest BCUT2D eigenvalue weighted by Gasteiger charge is 2.09. The van der Waals surface area contributed by atoms with Gasteiger partial charge in [0.25, 0.3) is 0 Å². The number of pyridine rings is 1. The summed E-state index contributed by atoms with van der Waals surface area (Å²) in [4.78, 5) is 4.19. The average Bonchev–Trinajstić information content (AvgIpc) is 2.36. The van der Waals surface area contributed by atoms with E-state index in [1.165, 1.54) is 0 Å². The normalized spacial score (nSPS) is 11.6. The molecule has 0 saturated carbocycles. The third-order valence-electron chi connectivity index (χ3n) is 2.64. The maximum Gasteiger partial charge on any atom is 0.232 e. The van der Waals surface area contributed by atoms with E-state index in [0.29, 0.717) is 12.1 Å². The van der Waals surface area contributed by atoms with E-state index in [0.717, 1.165) is 17.3 Å². The Morgan fingerprint density at radius 3 is 2.89 bits per heavy atom. The Morgan fingerprint density at radius 1 is 1.28 bits per heavy atom. The summed E-state index contributed by atoms with van der Waals surface area (Å²) in [6.45, 7) is 1.97. The molecular formula is C13H16N2O2S. The van der Waals surface area contributed by atoms with Crippen LogP contribution in [0.1, 0.15) is 19.8 Å². The summed E-state index contributed by atoms with van der Waals surface area (Å²) in [5.74, 6) is 0.161. The molecule has 0 atom stereocenters. The molecule has 18 heavy (non-hydrogen) atoms. The molecule has 5 heteroatoms. The van der Waals surface area contributed by atoms with Crippen LogP contribution in [0.4, 0.5) is 5.69 Å². The van der Waals surface area contributed by atoms with E-state index in [-0.39, 0.29) is 5.75 Å². The van der Waals surface area contributed by atoms with Gasteiger partial charge in [0.15, 0.2) is 0 Å². The van der Waals surface area contributed by atoms with Gasteiger partial charge in [-0.25, -0.2) is 8.42 Å². The lowest BCUT2D eigenvalue weighted by atomic mass is 10.2. The number of fused-ring (bicyclic) bond motifs is 1. The van der Waals surface area contributed by atoms with Crippen LogP contribution in [0.25, 0.3) is 10.9 Å². The average molecular weight is 264 g/mol. The van der Waals surface area contributed by atoms with Gasteiger partial charge in [-0.05, 0) is 30.7 Å². The van der Waals surface area contributed by atoms with Crippen LogP contribution in [0.3, 0.4) is 0 Å². The fraction of sp³-hybridized carbons (Fsp3) is 0.308. The lowest BCUT2D eigenvalue weighted by Crippen LogP contribution is -2.16. The fourth-order valence-corrected chi connectivity index (χ4v) is 2.96. The van der Waals surface area contributed by atoms with Crippen molar-refractivity contribution in [2.45, 2.75) is 19.8 Å². The number of sulfonamides is 1. The zero-order chi connectivity index (χ0) is 13.0. The molecule has 0 spiro atoms. The van der Waals surface area contributed by atoms with Gasteiger partial charge in [0.2, 0.25) is 10.0 Å². The van der Waals surface area contributed by atoms with Gasteiger partial charge in [-0.3, -0.25) is 9.71 Å². The molecule has 0 aliphatic rings. The zero-order valence-corrected chi connectivity index (χ0v) is 11.1.